The smallest absolute Gasteiger partial charge is 0.352 e. The number of H-pyrrole nitrogens is 1. The molecule has 0 unspecified atom stereocenters. The van der Waals surface area contributed by atoms with Crippen molar-refractivity contribution in [1.29, 1.82) is 0 Å². The van der Waals surface area contributed by atoms with Crippen LogP contribution < -0.4 is 0 Å². The summed E-state index contributed by atoms with van der Waals surface area (Å²) in [5.41, 5.74) is 2.09. The second-order valence-corrected chi connectivity index (χ2v) is 3.00. The molecule has 0 aliphatic rings. The maximum Gasteiger partial charge on any atom is 0.352 e. The molecule has 4 nitrogen and oxygen atoms in total. The van der Waals surface area contributed by atoms with Gasteiger partial charge in [0.25, 0.3) is 0 Å². The quantitative estimate of drug-likeness (QED) is 0.717. The van der Waals surface area contributed by atoms with Crippen molar-refractivity contribution >= 4 is 12.3 Å². The number of hydrogen-bond donors (Lipinski definition) is 2. The number of carbonyl (C=O) groups excluding carboxylic acids is 1. The number of aromatic nitrogens is 1. The van der Waals surface area contributed by atoms with Crippen LogP contribution in [-0.2, 0) is 12.8 Å². The van der Waals surface area contributed by atoms with E-state index in [1.54, 1.807) is 0 Å². The van der Waals surface area contributed by atoms with Gasteiger partial charge in [0.05, 0.1) is 5.69 Å². The zero-order chi connectivity index (χ0) is 10.7. The van der Waals surface area contributed by atoms with Gasteiger partial charge in [-0.2, -0.15) is 0 Å². The molecule has 0 atom stereocenters. The summed E-state index contributed by atoms with van der Waals surface area (Å²) >= 11 is 0. The van der Waals surface area contributed by atoms with Crippen LogP contribution in [0.2, 0.25) is 0 Å². The first-order valence-corrected chi connectivity index (χ1v) is 4.57. The molecule has 0 saturated heterocycles. The van der Waals surface area contributed by atoms with E-state index in [1.165, 1.54) is 0 Å². The largest absolute Gasteiger partial charge is 0.477 e. The van der Waals surface area contributed by atoms with Crippen molar-refractivity contribution < 1.29 is 14.7 Å². The van der Waals surface area contributed by atoms with Crippen molar-refractivity contribution in [2.75, 3.05) is 0 Å². The number of rotatable bonds is 4. The van der Waals surface area contributed by atoms with Gasteiger partial charge >= 0.3 is 5.97 Å². The first-order valence-electron chi connectivity index (χ1n) is 4.57. The molecule has 0 saturated carbocycles. The average Bonchev–Trinajstić information content (AvgIpc) is 2.54. The fraction of sp³-hybridized carbons (Fsp3) is 0.400. The molecule has 1 aromatic rings. The normalized spacial score (nSPS) is 10.1. The number of carbonyl (C=O) groups is 2. The molecular weight excluding hydrogens is 182 g/mol. The summed E-state index contributed by atoms with van der Waals surface area (Å²) in [7, 11) is 0. The zero-order valence-electron chi connectivity index (χ0n) is 8.26. The Hall–Kier alpha value is -1.58. The summed E-state index contributed by atoms with van der Waals surface area (Å²) in [5.74, 6) is -1.01. The highest BCUT2D eigenvalue weighted by molar-refractivity contribution is 5.90. The first kappa shape index (κ1) is 10.5. The van der Waals surface area contributed by atoms with Gasteiger partial charge in [-0.3, -0.25) is 4.79 Å². The van der Waals surface area contributed by atoms with E-state index >= 15 is 0 Å². The van der Waals surface area contributed by atoms with Gasteiger partial charge in [-0.05, 0) is 24.0 Å². The van der Waals surface area contributed by atoms with Crippen molar-refractivity contribution in [3.8, 4) is 0 Å². The molecule has 76 valence electrons. The van der Waals surface area contributed by atoms with Crippen LogP contribution in [0.3, 0.4) is 0 Å². The lowest BCUT2D eigenvalue weighted by Crippen LogP contribution is -2.01. The van der Waals surface area contributed by atoms with Gasteiger partial charge in [-0.25, -0.2) is 4.79 Å². The standard InChI is InChI=1S/C10H13NO3/c1-3-6-7(4-2)9(10(13)14)11-8(6)5-12/h5,11H,3-4H2,1-2H3,(H,13,14). The zero-order valence-corrected chi connectivity index (χ0v) is 8.26. The molecule has 0 aliphatic heterocycles. The van der Waals surface area contributed by atoms with Crippen LogP contribution in [-0.4, -0.2) is 22.3 Å². The highest BCUT2D eigenvalue weighted by Crippen LogP contribution is 2.19. The summed E-state index contributed by atoms with van der Waals surface area (Å²) in [6.45, 7) is 3.78. The van der Waals surface area contributed by atoms with E-state index in [9.17, 15) is 9.59 Å². The number of nitrogens with one attached hydrogen (secondary N) is 1. The molecule has 1 heterocycles. The molecule has 0 aromatic carbocycles. The Bertz CT molecular complexity index is 366. The number of hydrogen-bond acceptors (Lipinski definition) is 2. The third kappa shape index (κ3) is 1.55. The summed E-state index contributed by atoms with van der Waals surface area (Å²) in [5, 5.41) is 8.88. The van der Waals surface area contributed by atoms with Gasteiger partial charge in [0.15, 0.2) is 6.29 Å². The van der Waals surface area contributed by atoms with E-state index < -0.39 is 5.97 Å². The Morgan fingerprint density at radius 3 is 2.29 bits per heavy atom. The lowest BCUT2D eigenvalue weighted by Gasteiger charge is -1.98. The molecule has 0 radical (unpaired) electrons. The van der Waals surface area contributed by atoms with Crippen LogP contribution in [0.1, 0.15) is 46.0 Å². The minimum absolute atomic E-state index is 0.145. The van der Waals surface area contributed by atoms with Crippen LogP contribution in [0.4, 0.5) is 0 Å². The molecule has 4 heteroatoms. The van der Waals surface area contributed by atoms with Crippen molar-refractivity contribution in [3.63, 3.8) is 0 Å². The predicted molar refractivity (Wildman–Crippen MR) is 51.9 cm³/mol. The Morgan fingerprint density at radius 2 is 1.93 bits per heavy atom. The Morgan fingerprint density at radius 1 is 1.36 bits per heavy atom. The third-order valence-electron chi connectivity index (χ3n) is 2.29. The van der Waals surface area contributed by atoms with Gasteiger partial charge in [-0.15, -0.1) is 0 Å². The lowest BCUT2D eigenvalue weighted by atomic mass is 10.0. The van der Waals surface area contributed by atoms with Gasteiger partial charge in [0.2, 0.25) is 0 Å². The van der Waals surface area contributed by atoms with Crippen LogP contribution in [0, 0.1) is 0 Å². The van der Waals surface area contributed by atoms with Crippen LogP contribution in [0.15, 0.2) is 0 Å². The minimum Gasteiger partial charge on any atom is -0.477 e. The number of carboxylic acids is 1. The van der Waals surface area contributed by atoms with E-state index in [0.29, 0.717) is 24.8 Å². The molecule has 0 spiro atoms. The number of aromatic amines is 1. The van der Waals surface area contributed by atoms with E-state index in [-0.39, 0.29) is 5.69 Å². The second kappa shape index (κ2) is 4.09. The second-order valence-electron chi connectivity index (χ2n) is 3.00. The summed E-state index contributed by atoms with van der Waals surface area (Å²) in [6.07, 6.45) is 1.96. The third-order valence-corrected chi connectivity index (χ3v) is 2.29. The minimum atomic E-state index is -1.01. The van der Waals surface area contributed by atoms with Gasteiger partial charge in [0.1, 0.15) is 5.69 Å². The van der Waals surface area contributed by atoms with Crippen LogP contribution in [0.5, 0.6) is 0 Å². The summed E-state index contributed by atoms with van der Waals surface area (Å²) in [4.78, 5) is 24.1. The van der Waals surface area contributed by atoms with Gasteiger partial charge in [0, 0.05) is 0 Å². The van der Waals surface area contributed by atoms with Crippen molar-refractivity contribution in [2.24, 2.45) is 0 Å². The van der Waals surface area contributed by atoms with E-state index in [2.05, 4.69) is 4.98 Å². The maximum atomic E-state index is 10.8. The molecule has 14 heavy (non-hydrogen) atoms. The molecule has 1 rings (SSSR count). The maximum absolute atomic E-state index is 10.8. The highest BCUT2D eigenvalue weighted by atomic mass is 16.4. The van der Waals surface area contributed by atoms with Crippen molar-refractivity contribution in [3.05, 3.63) is 22.5 Å². The number of carboxylic acid groups (broad SMARTS) is 1. The van der Waals surface area contributed by atoms with Crippen LogP contribution >= 0.6 is 0 Å². The van der Waals surface area contributed by atoms with Crippen LogP contribution in [0.25, 0.3) is 0 Å². The highest BCUT2D eigenvalue weighted by Gasteiger charge is 2.18. The fourth-order valence-corrected chi connectivity index (χ4v) is 1.68. The van der Waals surface area contributed by atoms with Gasteiger partial charge in [-0.1, -0.05) is 13.8 Å². The molecule has 0 amide bonds. The first-order chi connectivity index (χ1) is 6.65. The number of aromatic carboxylic acids is 1. The van der Waals surface area contributed by atoms with Gasteiger partial charge < -0.3 is 10.1 Å². The monoisotopic (exact) mass is 195 g/mol. The Labute approximate surface area is 81.9 Å². The average molecular weight is 195 g/mol. The molecule has 0 bridgehead atoms. The predicted octanol–water partition coefficient (Wildman–Crippen LogP) is 1.65. The summed E-state index contributed by atoms with van der Waals surface area (Å²) < 4.78 is 0. The molecular formula is C10H13NO3. The molecule has 0 aliphatic carbocycles. The molecule has 2 N–H and O–H groups in total. The fourth-order valence-electron chi connectivity index (χ4n) is 1.68. The lowest BCUT2D eigenvalue weighted by molar-refractivity contribution is 0.0690. The molecule has 0 fully saturated rings. The SMILES string of the molecule is CCc1c(C=O)[nH]c(C(=O)O)c1CC. The topological polar surface area (TPSA) is 70.2 Å². The van der Waals surface area contributed by atoms with Crippen molar-refractivity contribution in [1.82, 2.24) is 4.98 Å². The molecule has 1 aromatic heterocycles. The Balaban J connectivity index is 3.38. The van der Waals surface area contributed by atoms with Crippen molar-refractivity contribution in [2.45, 2.75) is 26.7 Å². The summed E-state index contributed by atoms with van der Waals surface area (Å²) in [6, 6.07) is 0. The van der Waals surface area contributed by atoms with E-state index in [0.717, 1.165) is 11.1 Å². The van der Waals surface area contributed by atoms with E-state index in [1.807, 2.05) is 13.8 Å². The number of aldehydes is 1. The Kier molecular flexibility index (Phi) is 3.06. The van der Waals surface area contributed by atoms with E-state index in [4.69, 9.17) is 5.11 Å².